The molecule has 0 atom stereocenters. The highest BCUT2D eigenvalue weighted by atomic mass is 32.1. The van der Waals surface area contributed by atoms with Crippen molar-refractivity contribution in [2.24, 2.45) is 0 Å². The highest BCUT2D eigenvalue weighted by molar-refractivity contribution is 7.30. The first-order valence-electron chi connectivity index (χ1n) is 27.4. The van der Waals surface area contributed by atoms with Crippen molar-refractivity contribution in [2.45, 2.75) is 91.4 Å². The van der Waals surface area contributed by atoms with Gasteiger partial charge in [0.1, 0.15) is 0 Å². The van der Waals surface area contributed by atoms with Gasteiger partial charge in [-0.15, -0.1) is 11.3 Å². The van der Waals surface area contributed by atoms with Crippen molar-refractivity contribution in [3.63, 3.8) is 0 Å². The average Bonchev–Trinajstić information content (AvgIpc) is 3.55. The van der Waals surface area contributed by atoms with Crippen LogP contribution in [-0.4, -0.2) is 6.71 Å². The summed E-state index contributed by atoms with van der Waals surface area (Å²) >= 11 is 2.07. The molecule has 0 radical (unpaired) electrons. The van der Waals surface area contributed by atoms with Crippen LogP contribution in [0.15, 0.2) is 194 Å². The molecule has 0 bridgehead atoms. The molecule has 2 aliphatic carbocycles. The lowest BCUT2D eigenvalue weighted by molar-refractivity contribution is 0.590. The smallest absolute Gasteiger partial charge is 0.264 e. The van der Waals surface area contributed by atoms with E-state index in [1.54, 1.807) is 0 Å². The number of hydrogen-bond acceptors (Lipinski definition) is 3. The first kappa shape index (κ1) is 46.8. The first-order chi connectivity index (χ1) is 36.6. The predicted octanol–water partition coefficient (Wildman–Crippen LogP) is 17.8. The topological polar surface area (TPSA) is 6.48 Å². The summed E-state index contributed by atoms with van der Waals surface area (Å²) in [5.41, 5.74) is 30.6. The molecule has 370 valence electrons. The Balaban J connectivity index is 1.10. The third-order valence-corrected chi connectivity index (χ3v) is 18.6. The van der Waals surface area contributed by atoms with E-state index in [2.05, 4.69) is 284 Å². The van der Waals surface area contributed by atoms with E-state index >= 15 is 0 Å². The molecule has 1 aromatic heterocycles. The summed E-state index contributed by atoms with van der Waals surface area (Å²) in [6.07, 6.45) is 0. The number of nitrogens with zero attached hydrogens (tertiary/aromatic N) is 2. The predicted molar refractivity (Wildman–Crippen MR) is 326 cm³/mol. The minimum atomic E-state index is -0.476. The summed E-state index contributed by atoms with van der Waals surface area (Å²) in [6.45, 7) is 23.1. The van der Waals surface area contributed by atoms with Crippen molar-refractivity contribution in [1.29, 1.82) is 0 Å². The van der Waals surface area contributed by atoms with Crippen LogP contribution in [0.1, 0.15) is 111 Å². The standard InChI is InChI=1S/C72H63BN2S/c1-43(2)46-25-31-51(32-26-46)74-62-41-48(57-42-50(71(8,9)10)30-36-53(57)47-18-12-11-13-19-47)27-37-61(62)73-66-63(74)39-45(4)40-64(66)75(52-33-28-49(29-34-52)70(5,6)7)67-65-56-35-24-44(3)38-60(56)72(68(65)76-69(67)73)58-22-16-14-20-54(58)55-21-15-17-23-59(55)72/h11-43H,1-10H3. The summed E-state index contributed by atoms with van der Waals surface area (Å²) in [5, 5.41) is 0. The van der Waals surface area contributed by atoms with Crippen LogP contribution in [0.25, 0.3) is 44.5 Å². The fourth-order valence-electron chi connectivity index (χ4n) is 13.5. The summed E-state index contributed by atoms with van der Waals surface area (Å²) in [7, 11) is 0. The molecular weight excluding hydrogens is 936 g/mol. The minimum Gasteiger partial charge on any atom is -0.311 e. The summed E-state index contributed by atoms with van der Waals surface area (Å²) in [4.78, 5) is 6.71. The van der Waals surface area contributed by atoms with E-state index in [0.717, 1.165) is 0 Å². The Morgan fingerprint density at radius 3 is 1.71 bits per heavy atom. The number of benzene rings is 9. The largest absolute Gasteiger partial charge is 0.311 e. The summed E-state index contributed by atoms with van der Waals surface area (Å²) in [6, 6.07) is 75.4. The van der Waals surface area contributed by atoms with Gasteiger partial charge in [0, 0.05) is 43.7 Å². The van der Waals surface area contributed by atoms with E-state index in [1.807, 2.05) is 0 Å². The van der Waals surface area contributed by atoms with Crippen molar-refractivity contribution < 1.29 is 0 Å². The van der Waals surface area contributed by atoms with Crippen molar-refractivity contribution in [3.8, 4) is 44.5 Å². The third-order valence-electron chi connectivity index (χ3n) is 17.3. The Morgan fingerprint density at radius 1 is 0.461 bits per heavy atom. The van der Waals surface area contributed by atoms with Gasteiger partial charge in [0.15, 0.2) is 0 Å². The molecule has 9 aromatic carbocycles. The average molecular weight is 999 g/mol. The highest BCUT2D eigenvalue weighted by Crippen LogP contribution is 2.67. The third kappa shape index (κ3) is 6.72. The molecule has 0 N–H and O–H groups in total. The van der Waals surface area contributed by atoms with Crippen LogP contribution >= 0.6 is 11.3 Å². The SMILES string of the molecule is Cc1cc2c3c(c1)N(c1ccc(C(C)(C)C)cc1)c1c(sc4c1-c1ccc(C)cc1C41c4ccccc4-c4ccccc41)B3c1ccc(-c3cc(C(C)(C)C)ccc3-c3ccccc3)cc1N2c1ccc(C(C)C)cc1. The van der Waals surface area contributed by atoms with Gasteiger partial charge >= 0.3 is 0 Å². The van der Waals surface area contributed by atoms with Gasteiger partial charge in [0.25, 0.3) is 6.71 Å². The fraction of sp³-hybridized carbons (Fsp3) is 0.194. The molecule has 4 aliphatic rings. The first-order valence-corrected chi connectivity index (χ1v) is 28.2. The van der Waals surface area contributed by atoms with Gasteiger partial charge in [-0.3, -0.25) is 0 Å². The molecule has 0 fully saturated rings. The van der Waals surface area contributed by atoms with Crippen LogP contribution < -0.4 is 25.5 Å². The van der Waals surface area contributed by atoms with E-state index in [4.69, 9.17) is 0 Å². The van der Waals surface area contributed by atoms with Gasteiger partial charge < -0.3 is 9.80 Å². The van der Waals surface area contributed by atoms with E-state index < -0.39 is 5.41 Å². The lowest BCUT2D eigenvalue weighted by Crippen LogP contribution is -2.60. The van der Waals surface area contributed by atoms with E-state index in [9.17, 15) is 0 Å². The second kappa shape index (κ2) is 16.7. The van der Waals surface area contributed by atoms with Crippen LogP contribution in [0.5, 0.6) is 0 Å². The molecule has 0 saturated heterocycles. The molecule has 2 aliphatic heterocycles. The zero-order valence-corrected chi connectivity index (χ0v) is 46.2. The maximum absolute atomic E-state index is 2.68. The quantitative estimate of drug-likeness (QED) is 0.159. The lowest BCUT2D eigenvalue weighted by Gasteiger charge is -2.44. The van der Waals surface area contributed by atoms with Crippen LogP contribution in [0.4, 0.5) is 34.1 Å². The molecule has 2 nitrogen and oxygen atoms in total. The number of anilines is 6. The van der Waals surface area contributed by atoms with Crippen LogP contribution in [-0.2, 0) is 16.2 Å². The van der Waals surface area contributed by atoms with Gasteiger partial charge in [-0.1, -0.05) is 213 Å². The Labute approximate surface area is 454 Å². The van der Waals surface area contributed by atoms with Gasteiger partial charge in [0.05, 0.1) is 11.1 Å². The van der Waals surface area contributed by atoms with Gasteiger partial charge in [-0.2, -0.15) is 0 Å². The Bertz CT molecular complexity index is 3970. The monoisotopic (exact) mass is 998 g/mol. The molecule has 10 aromatic rings. The second-order valence-corrected chi connectivity index (χ2v) is 25.5. The zero-order chi connectivity index (χ0) is 52.2. The molecule has 4 heteroatoms. The molecule has 3 heterocycles. The van der Waals surface area contributed by atoms with Gasteiger partial charge in [0.2, 0.25) is 0 Å². The maximum Gasteiger partial charge on any atom is 0.264 e. The molecular formula is C72H63BN2S. The lowest BCUT2D eigenvalue weighted by atomic mass is 9.36. The number of aryl methyl sites for hydroxylation is 2. The van der Waals surface area contributed by atoms with E-state index in [1.165, 1.54) is 144 Å². The Morgan fingerprint density at radius 2 is 1.05 bits per heavy atom. The van der Waals surface area contributed by atoms with Crippen molar-refractivity contribution in [3.05, 3.63) is 244 Å². The van der Waals surface area contributed by atoms with Crippen molar-refractivity contribution >= 4 is 67.9 Å². The van der Waals surface area contributed by atoms with Crippen LogP contribution in [0.2, 0.25) is 0 Å². The number of hydrogen-bond donors (Lipinski definition) is 0. The van der Waals surface area contributed by atoms with Crippen LogP contribution in [0, 0.1) is 13.8 Å². The van der Waals surface area contributed by atoms with Gasteiger partial charge in [-0.25, -0.2) is 0 Å². The van der Waals surface area contributed by atoms with Crippen LogP contribution in [0.3, 0.4) is 0 Å². The van der Waals surface area contributed by atoms with Crippen molar-refractivity contribution in [1.82, 2.24) is 0 Å². The summed E-state index contributed by atoms with van der Waals surface area (Å²) < 4.78 is 1.40. The van der Waals surface area contributed by atoms with E-state index in [0.29, 0.717) is 5.92 Å². The fourth-order valence-corrected chi connectivity index (χ4v) is 15.2. The molecule has 0 saturated carbocycles. The Hall–Kier alpha value is -7.66. The number of fused-ring (bicyclic) bond motifs is 15. The van der Waals surface area contributed by atoms with Gasteiger partial charge in [-0.05, 0) is 162 Å². The van der Waals surface area contributed by atoms with Crippen molar-refractivity contribution in [2.75, 3.05) is 9.80 Å². The summed E-state index contributed by atoms with van der Waals surface area (Å²) in [5.74, 6) is 0.422. The number of rotatable bonds is 5. The second-order valence-electron chi connectivity index (χ2n) is 24.4. The Kier molecular flexibility index (Phi) is 10.3. The molecule has 0 amide bonds. The molecule has 1 spiro atoms. The highest BCUT2D eigenvalue weighted by Gasteiger charge is 2.57. The maximum atomic E-state index is 2.68. The number of thiophene rings is 1. The minimum absolute atomic E-state index is 0.0132. The van der Waals surface area contributed by atoms with E-state index in [-0.39, 0.29) is 17.5 Å². The molecule has 76 heavy (non-hydrogen) atoms. The normalized spacial score (nSPS) is 14.3. The molecule has 0 unspecified atom stereocenters. The zero-order valence-electron chi connectivity index (χ0n) is 45.4. The molecule has 14 rings (SSSR count).